The Morgan fingerprint density at radius 2 is 1.76 bits per heavy atom. The third kappa shape index (κ3) is 6.16. The first-order valence-electron chi connectivity index (χ1n) is 10.4. The van der Waals surface area contributed by atoms with Crippen LogP contribution in [-0.2, 0) is 26.9 Å². The van der Waals surface area contributed by atoms with Crippen molar-refractivity contribution in [2.45, 2.75) is 18.3 Å². The zero-order valence-electron chi connectivity index (χ0n) is 17.8. The van der Waals surface area contributed by atoms with Gasteiger partial charge in [0.2, 0.25) is 5.91 Å². The molecule has 0 radical (unpaired) electrons. The Balaban J connectivity index is 1.40. The second kappa shape index (κ2) is 10.2. The standard InChI is InChI=1S/C24H21BrClN3O4S/c25-18-3-1-2-16(10-18)13-34(32,33)14-22-24(31)29-21-11-17(6-9-20(21)28-22)23(30)27-12-15-4-7-19(26)8-5-15/h1-11,22,28H,12-14H2,(H,27,30)(H,29,31). The van der Waals surface area contributed by atoms with E-state index < -0.39 is 21.8 Å². The molecule has 1 aliphatic rings. The van der Waals surface area contributed by atoms with E-state index in [1.165, 1.54) is 0 Å². The number of rotatable bonds is 7. The molecule has 7 nitrogen and oxygen atoms in total. The van der Waals surface area contributed by atoms with Gasteiger partial charge in [-0.15, -0.1) is 0 Å². The summed E-state index contributed by atoms with van der Waals surface area (Å²) in [4.78, 5) is 25.2. The molecule has 3 N–H and O–H groups in total. The van der Waals surface area contributed by atoms with Crippen LogP contribution in [0.3, 0.4) is 0 Å². The van der Waals surface area contributed by atoms with E-state index in [4.69, 9.17) is 11.6 Å². The highest BCUT2D eigenvalue weighted by atomic mass is 79.9. The second-order valence-corrected chi connectivity index (χ2v) is 11.4. The van der Waals surface area contributed by atoms with E-state index in [2.05, 4.69) is 31.9 Å². The van der Waals surface area contributed by atoms with Crippen LogP contribution in [0.2, 0.25) is 5.02 Å². The number of sulfone groups is 1. The van der Waals surface area contributed by atoms with Gasteiger partial charge in [-0.05, 0) is 53.6 Å². The molecule has 0 aliphatic carbocycles. The molecule has 1 atom stereocenters. The van der Waals surface area contributed by atoms with Crippen molar-refractivity contribution >= 4 is 60.6 Å². The van der Waals surface area contributed by atoms with Crippen LogP contribution in [0.4, 0.5) is 11.4 Å². The first kappa shape index (κ1) is 24.3. The van der Waals surface area contributed by atoms with Gasteiger partial charge in [-0.1, -0.05) is 51.8 Å². The molecule has 0 spiro atoms. The summed E-state index contributed by atoms with van der Waals surface area (Å²) in [5.74, 6) is -1.29. The maximum atomic E-state index is 12.7. The number of carbonyl (C=O) groups excluding carboxylic acids is 2. The molecule has 0 fully saturated rings. The Hall–Kier alpha value is -2.88. The summed E-state index contributed by atoms with van der Waals surface area (Å²) < 4.78 is 26.2. The van der Waals surface area contributed by atoms with Crippen LogP contribution in [0.1, 0.15) is 21.5 Å². The Kier molecular flexibility index (Phi) is 7.25. The van der Waals surface area contributed by atoms with E-state index in [0.29, 0.717) is 34.1 Å². The van der Waals surface area contributed by atoms with Crippen molar-refractivity contribution in [3.63, 3.8) is 0 Å². The van der Waals surface area contributed by atoms with Crippen molar-refractivity contribution in [1.29, 1.82) is 0 Å². The number of benzene rings is 3. The van der Waals surface area contributed by atoms with Gasteiger partial charge in [0.15, 0.2) is 9.84 Å². The number of hydrogen-bond acceptors (Lipinski definition) is 5. The van der Waals surface area contributed by atoms with Crippen molar-refractivity contribution in [3.05, 3.63) is 92.9 Å². The molecule has 1 heterocycles. The highest BCUT2D eigenvalue weighted by molar-refractivity contribution is 9.10. The summed E-state index contributed by atoms with van der Waals surface area (Å²) in [6.45, 7) is 0.329. The van der Waals surface area contributed by atoms with Gasteiger partial charge >= 0.3 is 0 Å². The van der Waals surface area contributed by atoms with Crippen molar-refractivity contribution in [2.75, 3.05) is 16.4 Å². The fourth-order valence-electron chi connectivity index (χ4n) is 3.59. The van der Waals surface area contributed by atoms with Gasteiger partial charge in [0.05, 0.1) is 22.9 Å². The molecule has 34 heavy (non-hydrogen) atoms. The van der Waals surface area contributed by atoms with Gasteiger partial charge in [0, 0.05) is 21.6 Å². The summed E-state index contributed by atoms with van der Waals surface area (Å²) in [7, 11) is -3.56. The highest BCUT2D eigenvalue weighted by Gasteiger charge is 2.30. The topological polar surface area (TPSA) is 104 Å². The molecule has 4 rings (SSSR count). The summed E-state index contributed by atoms with van der Waals surface area (Å²) in [5.41, 5.74) is 2.88. The van der Waals surface area contributed by atoms with Crippen LogP contribution in [-0.4, -0.2) is 32.0 Å². The Bertz CT molecular complexity index is 1350. The average Bonchev–Trinajstić information content (AvgIpc) is 2.78. The van der Waals surface area contributed by atoms with Crippen molar-refractivity contribution < 1.29 is 18.0 Å². The third-order valence-corrected chi connectivity index (χ3v) is 7.61. The van der Waals surface area contributed by atoms with Crippen LogP contribution in [0.5, 0.6) is 0 Å². The molecule has 1 unspecified atom stereocenters. The van der Waals surface area contributed by atoms with Crippen molar-refractivity contribution in [1.82, 2.24) is 5.32 Å². The van der Waals surface area contributed by atoms with Crippen LogP contribution >= 0.6 is 27.5 Å². The Morgan fingerprint density at radius 1 is 1.00 bits per heavy atom. The molecule has 2 amide bonds. The van der Waals surface area contributed by atoms with Crippen LogP contribution < -0.4 is 16.0 Å². The van der Waals surface area contributed by atoms with Crippen molar-refractivity contribution in [3.8, 4) is 0 Å². The number of fused-ring (bicyclic) bond motifs is 1. The molecule has 1 aliphatic heterocycles. The van der Waals surface area contributed by atoms with E-state index in [1.807, 2.05) is 18.2 Å². The molecule has 10 heteroatoms. The number of hydrogen-bond donors (Lipinski definition) is 3. The van der Waals surface area contributed by atoms with E-state index in [9.17, 15) is 18.0 Å². The molecule has 0 saturated carbocycles. The van der Waals surface area contributed by atoms with Gasteiger partial charge in [-0.3, -0.25) is 9.59 Å². The number of anilines is 2. The molecule has 3 aromatic carbocycles. The largest absolute Gasteiger partial charge is 0.371 e. The maximum absolute atomic E-state index is 12.7. The monoisotopic (exact) mass is 561 g/mol. The SMILES string of the molecule is O=C(NCc1ccc(Cl)cc1)c1ccc2c(c1)NC(=O)C(CS(=O)(=O)Cc1cccc(Br)c1)N2. The predicted octanol–water partition coefficient (Wildman–Crippen LogP) is 4.38. The first-order valence-corrected chi connectivity index (χ1v) is 13.4. The number of nitrogens with one attached hydrogen (secondary N) is 3. The predicted molar refractivity (Wildman–Crippen MR) is 137 cm³/mol. The van der Waals surface area contributed by atoms with Gasteiger partial charge < -0.3 is 16.0 Å². The van der Waals surface area contributed by atoms with Crippen LogP contribution in [0, 0.1) is 0 Å². The van der Waals surface area contributed by atoms with E-state index in [0.717, 1.165) is 10.0 Å². The van der Waals surface area contributed by atoms with Crippen LogP contribution in [0.15, 0.2) is 71.2 Å². The lowest BCUT2D eigenvalue weighted by atomic mass is 10.1. The summed E-state index contributed by atoms with van der Waals surface area (Å²) in [6.07, 6.45) is 0. The average molecular weight is 563 g/mol. The van der Waals surface area contributed by atoms with Crippen LogP contribution in [0.25, 0.3) is 0 Å². The van der Waals surface area contributed by atoms with Crippen molar-refractivity contribution in [2.24, 2.45) is 0 Å². The quantitative estimate of drug-likeness (QED) is 0.396. The van der Waals surface area contributed by atoms with E-state index >= 15 is 0 Å². The molecule has 0 aromatic heterocycles. The summed E-state index contributed by atoms with van der Waals surface area (Å²) in [6, 6.07) is 18.1. The van der Waals surface area contributed by atoms with Gasteiger partial charge in [0.1, 0.15) is 6.04 Å². The summed E-state index contributed by atoms with van der Waals surface area (Å²) >= 11 is 9.21. The third-order valence-electron chi connectivity index (χ3n) is 5.25. The molecule has 176 valence electrons. The lowest BCUT2D eigenvalue weighted by Gasteiger charge is -2.27. The smallest absolute Gasteiger partial charge is 0.251 e. The zero-order valence-corrected chi connectivity index (χ0v) is 21.0. The normalized spacial score (nSPS) is 15.1. The highest BCUT2D eigenvalue weighted by Crippen LogP contribution is 2.28. The molecular weight excluding hydrogens is 542 g/mol. The minimum Gasteiger partial charge on any atom is -0.371 e. The zero-order chi connectivity index (χ0) is 24.3. The van der Waals surface area contributed by atoms with Gasteiger partial charge in [-0.2, -0.15) is 0 Å². The lowest BCUT2D eigenvalue weighted by molar-refractivity contribution is -0.116. The first-order chi connectivity index (χ1) is 16.2. The number of amides is 2. The van der Waals surface area contributed by atoms with E-state index in [-0.39, 0.29) is 17.4 Å². The minimum absolute atomic E-state index is 0.169. The molecule has 0 bridgehead atoms. The summed E-state index contributed by atoms with van der Waals surface area (Å²) in [5, 5.41) is 9.14. The number of halogens is 2. The van der Waals surface area contributed by atoms with Gasteiger partial charge in [-0.25, -0.2) is 8.42 Å². The Morgan fingerprint density at radius 3 is 2.50 bits per heavy atom. The van der Waals surface area contributed by atoms with E-state index in [1.54, 1.807) is 48.5 Å². The molecule has 0 saturated heterocycles. The number of carbonyl (C=O) groups is 2. The van der Waals surface area contributed by atoms with Gasteiger partial charge in [0.25, 0.3) is 5.91 Å². The fraction of sp³-hybridized carbons (Fsp3) is 0.167. The second-order valence-electron chi connectivity index (χ2n) is 7.94. The molecule has 3 aromatic rings. The molecular formula is C24H21BrClN3O4S. The maximum Gasteiger partial charge on any atom is 0.251 e. The minimum atomic E-state index is -3.56. The lowest BCUT2D eigenvalue weighted by Crippen LogP contribution is -2.43. The Labute approximate surface area is 210 Å². The fourth-order valence-corrected chi connectivity index (χ4v) is 5.71.